The number of carbonyl (C=O) groups excluding carboxylic acids is 4. The van der Waals surface area contributed by atoms with Crippen molar-refractivity contribution in [2.75, 3.05) is 39.3 Å². The lowest BCUT2D eigenvalue weighted by Crippen LogP contribution is -2.53. The molecule has 0 spiro atoms. The Balaban J connectivity index is 1.63. The highest BCUT2D eigenvalue weighted by Gasteiger charge is 2.34. The lowest BCUT2D eigenvalue weighted by atomic mass is 9.92. The normalized spacial score (nSPS) is 17.6. The second-order valence-electron chi connectivity index (χ2n) is 11.0. The molecule has 226 valence electrons. The molecule has 2 heterocycles. The Labute approximate surface area is 241 Å². The fraction of sp³-hybridized carbons (Fsp3) is 0.621. The zero-order valence-electron chi connectivity index (χ0n) is 24.0. The van der Waals surface area contributed by atoms with Crippen LogP contribution in [0.4, 0.5) is 0 Å². The van der Waals surface area contributed by atoms with Crippen molar-refractivity contribution in [1.29, 1.82) is 0 Å². The smallest absolute Gasteiger partial charge is 0.304 e. The number of aliphatic carboxylic acids is 1. The Bertz CT molecular complexity index is 1060. The summed E-state index contributed by atoms with van der Waals surface area (Å²) in [6, 6.07) is 6.00. The van der Waals surface area contributed by atoms with Crippen LogP contribution in [-0.2, 0) is 19.2 Å². The number of nitrogens with zero attached hydrogens (tertiary/aromatic N) is 2. The molecule has 4 amide bonds. The summed E-state index contributed by atoms with van der Waals surface area (Å²) in [6.45, 7) is 6.13. The highest BCUT2D eigenvalue weighted by atomic mass is 16.5. The summed E-state index contributed by atoms with van der Waals surface area (Å²) in [5, 5.41) is 16.0. The summed E-state index contributed by atoms with van der Waals surface area (Å²) < 4.78 is 5.47. The molecule has 4 N–H and O–H groups in total. The molecule has 2 fully saturated rings. The molecule has 2 aliphatic heterocycles. The monoisotopic (exact) mass is 573 g/mol. The van der Waals surface area contributed by atoms with Crippen molar-refractivity contribution in [2.45, 2.75) is 64.8 Å². The molecule has 0 aromatic heterocycles. The van der Waals surface area contributed by atoms with Gasteiger partial charge in [0.25, 0.3) is 11.8 Å². The van der Waals surface area contributed by atoms with E-state index in [4.69, 9.17) is 9.84 Å². The van der Waals surface area contributed by atoms with Crippen LogP contribution in [-0.4, -0.2) is 90.0 Å². The van der Waals surface area contributed by atoms with Gasteiger partial charge < -0.3 is 25.4 Å². The van der Waals surface area contributed by atoms with Gasteiger partial charge in [-0.3, -0.25) is 24.0 Å². The molecule has 2 aliphatic rings. The van der Waals surface area contributed by atoms with Crippen LogP contribution in [0.2, 0.25) is 0 Å². The standard InChI is InChI=1S/C29H43N5O7/c1-20(2)32-25(35)19-41-24-8-6-22(7-9-24)28(39)34(31-16-13-27(37)38)29(40)23-4-3-17-33(18-23)26(36)10-5-21-11-14-30-15-12-21/h6-9,20-21,23,30-31H,3-5,10-19H2,1-2H3,(H,32,35)(H,37,38)/t23-/m1/s1. The number of carbonyl (C=O) groups is 5. The third kappa shape index (κ3) is 10.4. The minimum atomic E-state index is -1.07. The van der Waals surface area contributed by atoms with E-state index in [1.165, 1.54) is 24.3 Å². The van der Waals surface area contributed by atoms with Crippen LogP contribution < -0.4 is 20.8 Å². The fourth-order valence-electron chi connectivity index (χ4n) is 5.10. The summed E-state index contributed by atoms with van der Waals surface area (Å²) >= 11 is 0. The first-order valence-electron chi connectivity index (χ1n) is 14.5. The first kappa shape index (κ1) is 32.0. The SMILES string of the molecule is CC(C)NC(=O)COc1ccc(C(=O)N(NCCC(=O)O)C(=O)[C@@H]2CCCN(C(=O)CCC3CCNCC3)C2)cc1. The van der Waals surface area contributed by atoms with Crippen LogP contribution in [0.1, 0.15) is 69.2 Å². The minimum absolute atomic E-state index is 0.0167. The molecule has 0 aliphatic carbocycles. The van der Waals surface area contributed by atoms with Gasteiger partial charge in [-0.15, -0.1) is 0 Å². The maximum Gasteiger partial charge on any atom is 0.304 e. The van der Waals surface area contributed by atoms with Gasteiger partial charge in [-0.25, -0.2) is 10.4 Å². The van der Waals surface area contributed by atoms with Gasteiger partial charge in [-0.05, 0) is 89.2 Å². The second kappa shape index (κ2) is 16.1. The Morgan fingerprint density at radius 3 is 2.44 bits per heavy atom. The molecule has 41 heavy (non-hydrogen) atoms. The highest BCUT2D eigenvalue weighted by molar-refractivity contribution is 6.05. The number of hydrogen-bond donors (Lipinski definition) is 4. The Hall–Kier alpha value is -3.51. The van der Waals surface area contributed by atoms with Gasteiger partial charge >= 0.3 is 5.97 Å². The van der Waals surface area contributed by atoms with E-state index in [0.717, 1.165) is 37.4 Å². The van der Waals surface area contributed by atoms with Gasteiger partial charge in [0.1, 0.15) is 5.75 Å². The maximum absolute atomic E-state index is 13.6. The van der Waals surface area contributed by atoms with E-state index in [0.29, 0.717) is 37.5 Å². The largest absolute Gasteiger partial charge is 0.484 e. The quantitative estimate of drug-likeness (QED) is 0.203. The molecule has 0 saturated carbocycles. The van der Waals surface area contributed by atoms with Crippen LogP contribution in [0.15, 0.2) is 24.3 Å². The second-order valence-corrected chi connectivity index (χ2v) is 11.0. The lowest BCUT2D eigenvalue weighted by Gasteiger charge is -2.35. The summed E-state index contributed by atoms with van der Waals surface area (Å²) in [5.74, 6) is -2.13. The Kier molecular flexibility index (Phi) is 12.5. The number of likely N-dealkylation sites (tertiary alicyclic amines) is 1. The number of ether oxygens (including phenoxy) is 1. The van der Waals surface area contributed by atoms with Crippen molar-refractivity contribution in [3.63, 3.8) is 0 Å². The number of nitrogens with one attached hydrogen (secondary N) is 3. The van der Waals surface area contributed by atoms with Crippen molar-refractivity contribution >= 4 is 29.6 Å². The summed E-state index contributed by atoms with van der Waals surface area (Å²) in [6.07, 6.45) is 4.28. The van der Waals surface area contributed by atoms with Gasteiger partial charge in [0.15, 0.2) is 6.61 Å². The zero-order chi connectivity index (χ0) is 29.8. The highest BCUT2D eigenvalue weighted by Crippen LogP contribution is 2.23. The Morgan fingerprint density at radius 1 is 1.07 bits per heavy atom. The summed E-state index contributed by atoms with van der Waals surface area (Å²) in [7, 11) is 0. The van der Waals surface area contributed by atoms with E-state index >= 15 is 0 Å². The molecule has 1 aromatic rings. The Morgan fingerprint density at radius 2 is 1.78 bits per heavy atom. The maximum atomic E-state index is 13.6. The van der Waals surface area contributed by atoms with E-state index in [1.807, 2.05) is 13.8 Å². The molecule has 0 unspecified atom stereocenters. The van der Waals surface area contributed by atoms with Crippen molar-refractivity contribution in [1.82, 2.24) is 26.0 Å². The lowest BCUT2D eigenvalue weighted by molar-refractivity contribution is -0.142. The number of rotatable bonds is 13. The topological polar surface area (TPSA) is 157 Å². The molecule has 1 atom stereocenters. The predicted octanol–water partition coefficient (Wildman–Crippen LogP) is 1.56. The van der Waals surface area contributed by atoms with Crippen LogP contribution in [0.25, 0.3) is 0 Å². The van der Waals surface area contributed by atoms with Crippen LogP contribution in [0.3, 0.4) is 0 Å². The molecular formula is C29H43N5O7. The number of amides is 4. The minimum Gasteiger partial charge on any atom is -0.484 e. The van der Waals surface area contributed by atoms with E-state index in [-0.39, 0.29) is 49.5 Å². The molecule has 1 aromatic carbocycles. The predicted molar refractivity (Wildman–Crippen MR) is 151 cm³/mol. The van der Waals surface area contributed by atoms with Crippen LogP contribution >= 0.6 is 0 Å². The molecule has 3 rings (SSSR count). The van der Waals surface area contributed by atoms with Gasteiger partial charge in [0.05, 0.1) is 12.3 Å². The number of carboxylic acids is 1. The molecule has 0 radical (unpaired) electrons. The average Bonchev–Trinajstić information content (AvgIpc) is 2.97. The van der Waals surface area contributed by atoms with Crippen LogP contribution in [0.5, 0.6) is 5.75 Å². The number of benzene rings is 1. The van der Waals surface area contributed by atoms with E-state index in [2.05, 4.69) is 16.1 Å². The van der Waals surface area contributed by atoms with Gasteiger partial charge in [-0.2, -0.15) is 0 Å². The molecule has 2 saturated heterocycles. The number of piperidine rings is 2. The first-order valence-corrected chi connectivity index (χ1v) is 14.5. The van der Waals surface area contributed by atoms with E-state index in [1.54, 1.807) is 4.90 Å². The van der Waals surface area contributed by atoms with Crippen LogP contribution in [0, 0.1) is 11.8 Å². The van der Waals surface area contributed by atoms with Crippen molar-refractivity contribution in [3.05, 3.63) is 29.8 Å². The number of hydrogen-bond acceptors (Lipinski definition) is 8. The zero-order valence-corrected chi connectivity index (χ0v) is 24.0. The van der Waals surface area contributed by atoms with Gasteiger partial charge in [0, 0.05) is 37.7 Å². The fourth-order valence-corrected chi connectivity index (χ4v) is 5.10. The third-order valence-electron chi connectivity index (χ3n) is 7.30. The molecule has 12 nitrogen and oxygen atoms in total. The van der Waals surface area contributed by atoms with Gasteiger partial charge in [-0.1, -0.05) is 0 Å². The van der Waals surface area contributed by atoms with Crippen molar-refractivity contribution in [3.8, 4) is 5.75 Å². The third-order valence-corrected chi connectivity index (χ3v) is 7.30. The number of hydrazine groups is 1. The van der Waals surface area contributed by atoms with Crippen molar-refractivity contribution in [2.24, 2.45) is 11.8 Å². The van der Waals surface area contributed by atoms with Gasteiger partial charge in [0.2, 0.25) is 11.8 Å². The average molecular weight is 574 g/mol. The van der Waals surface area contributed by atoms with E-state index < -0.39 is 23.7 Å². The summed E-state index contributed by atoms with van der Waals surface area (Å²) in [5.41, 5.74) is 2.88. The van der Waals surface area contributed by atoms with Crippen molar-refractivity contribution < 1.29 is 33.8 Å². The van der Waals surface area contributed by atoms with E-state index in [9.17, 15) is 24.0 Å². The molecule has 0 bridgehead atoms. The number of imide groups is 1. The first-order chi connectivity index (χ1) is 19.6. The molecular weight excluding hydrogens is 530 g/mol. The molecule has 12 heteroatoms. The summed E-state index contributed by atoms with van der Waals surface area (Å²) in [4.78, 5) is 64.6. The number of carboxylic acid groups (broad SMARTS) is 1.